The number of esters is 1. The summed E-state index contributed by atoms with van der Waals surface area (Å²) in [6.45, 7) is 7.18. The molecular formula is C24H40N2O5. The molecule has 0 aromatic heterocycles. The molecule has 7 nitrogen and oxygen atoms in total. The zero-order valence-corrected chi connectivity index (χ0v) is 19.7. The molecule has 7 heteroatoms. The van der Waals surface area contributed by atoms with E-state index in [0.717, 1.165) is 77.3 Å². The second-order valence-electron chi connectivity index (χ2n) is 10.8. The van der Waals surface area contributed by atoms with Gasteiger partial charge in [-0.25, -0.2) is 4.79 Å². The van der Waals surface area contributed by atoms with Crippen LogP contribution in [0.15, 0.2) is 0 Å². The minimum absolute atomic E-state index is 0.0146. The fourth-order valence-electron chi connectivity index (χ4n) is 5.44. The lowest BCUT2D eigenvalue weighted by Crippen LogP contribution is -2.47. The Morgan fingerprint density at radius 2 is 1.45 bits per heavy atom. The molecule has 1 saturated heterocycles. The number of piperidine rings is 1. The first kappa shape index (κ1) is 23.9. The van der Waals surface area contributed by atoms with E-state index in [-0.39, 0.29) is 41.3 Å². The van der Waals surface area contributed by atoms with Crippen molar-refractivity contribution < 1.29 is 23.9 Å². The van der Waals surface area contributed by atoms with Crippen molar-refractivity contribution in [2.45, 2.75) is 96.6 Å². The first-order chi connectivity index (χ1) is 14.6. The van der Waals surface area contributed by atoms with Gasteiger partial charge in [0.2, 0.25) is 5.91 Å². The molecule has 3 rings (SSSR count). The predicted octanol–water partition coefficient (Wildman–Crippen LogP) is 4.04. The van der Waals surface area contributed by atoms with Gasteiger partial charge in [-0.2, -0.15) is 0 Å². The van der Waals surface area contributed by atoms with Crippen molar-refractivity contribution in [1.82, 2.24) is 10.2 Å². The highest BCUT2D eigenvalue weighted by Crippen LogP contribution is 2.46. The van der Waals surface area contributed by atoms with Gasteiger partial charge in [0.1, 0.15) is 5.60 Å². The number of carbonyl (C=O) groups is 3. The fourth-order valence-corrected chi connectivity index (χ4v) is 5.44. The molecule has 2 amide bonds. The van der Waals surface area contributed by atoms with Gasteiger partial charge in [-0.1, -0.05) is 0 Å². The van der Waals surface area contributed by atoms with Crippen LogP contribution in [0.4, 0.5) is 4.79 Å². The van der Waals surface area contributed by atoms with E-state index in [9.17, 15) is 14.4 Å². The van der Waals surface area contributed by atoms with Gasteiger partial charge in [0, 0.05) is 25.0 Å². The zero-order valence-electron chi connectivity index (χ0n) is 19.7. The zero-order chi connectivity index (χ0) is 22.6. The minimum Gasteiger partial charge on any atom is -0.469 e. The number of carbonyl (C=O) groups excluding carboxylic acids is 3. The Hall–Kier alpha value is -1.79. The molecule has 176 valence electrons. The largest absolute Gasteiger partial charge is 0.469 e. The third kappa shape index (κ3) is 6.36. The van der Waals surface area contributed by atoms with Crippen molar-refractivity contribution in [2.75, 3.05) is 20.2 Å². The highest BCUT2D eigenvalue weighted by molar-refractivity contribution is 5.79. The van der Waals surface area contributed by atoms with Gasteiger partial charge in [-0.05, 0) is 90.4 Å². The number of nitrogens with zero attached hydrogens (tertiary/aromatic N) is 1. The molecular weight excluding hydrogens is 396 g/mol. The molecule has 0 unspecified atom stereocenters. The molecule has 31 heavy (non-hydrogen) atoms. The molecule has 0 atom stereocenters. The highest BCUT2D eigenvalue weighted by atomic mass is 16.6. The Kier molecular flexibility index (Phi) is 7.53. The molecule has 0 aromatic carbocycles. The van der Waals surface area contributed by atoms with Crippen molar-refractivity contribution in [3.63, 3.8) is 0 Å². The van der Waals surface area contributed by atoms with Crippen molar-refractivity contribution in [3.8, 4) is 0 Å². The van der Waals surface area contributed by atoms with E-state index in [1.54, 1.807) is 0 Å². The van der Waals surface area contributed by atoms with Crippen molar-refractivity contribution >= 4 is 18.0 Å². The Morgan fingerprint density at radius 3 is 1.97 bits per heavy atom. The third-order valence-corrected chi connectivity index (χ3v) is 7.50. The standard InChI is InChI=1S/C24H40N2O5/c1-23(2,3)31-22(29)26-15-13-24(14-16-26)11-9-17(10-12-24)20(27)25-19-7-5-18(6-8-19)21(28)30-4/h17-19H,5-16H2,1-4H3,(H,25,27). The summed E-state index contributed by atoms with van der Waals surface area (Å²) < 4.78 is 10.3. The van der Waals surface area contributed by atoms with Crippen LogP contribution in [0.5, 0.6) is 0 Å². The summed E-state index contributed by atoms with van der Waals surface area (Å²) in [7, 11) is 1.44. The summed E-state index contributed by atoms with van der Waals surface area (Å²) in [6, 6.07) is 0.182. The Bertz CT molecular complexity index is 645. The predicted molar refractivity (Wildman–Crippen MR) is 117 cm³/mol. The molecule has 0 bridgehead atoms. The van der Waals surface area contributed by atoms with Crippen LogP contribution < -0.4 is 5.32 Å². The lowest BCUT2D eigenvalue weighted by molar-refractivity contribution is -0.146. The summed E-state index contributed by atoms with van der Waals surface area (Å²) in [6.07, 6.45) is 9.04. The number of hydrogen-bond acceptors (Lipinski definition) is 5. The second kappa shape index (κ2) is 9.78. The molecule has 1 heterocycles. The first-order valence-corrected chi connectivity index (χ1v) is 12.0. The number of rotatable bonds is 3. The Labute approximate surface area is 186 Å². The summed E-state index contributed by atoms with van der Waals surface area (Å²) >= 11 is 0. The number of nitrogens with one attached hydrogen (secondary N) is 1. The molecule has 3 aliphatic rings. The van der Waals surface area contributed by atoms with Crippen LogP contribution in [0.1, 0.15) is 85.0 Å². The molecule has 0 aromatic rings. The number of hydrogen-bond donors (Lipinski definition) is 1. The van der Waals surface area contributed by atoms with Gasteiger partial charge >= 0.3 is 12.1 Å². The Morgan fingerprint density at radius 1 is 0.871 bits per heavy atom. The molecule has 0 radical (unpaired) electrons. The van der Waals surface area contributed by atoms with E-state index in [4.69, 9.17) is 9.47 Å². The highest BCUT2D eigenvalue weighted by Gasteiger charge is 2.41. The summed E-state index contributed by atoms with van der Waals surface area (Å²) in [5, 5.41) is 3.24. The lowest BCUT2D eigenvalue weighted by atomic mass is 9.65. The quantitative estimate of drug-likeness (QED) is 0.675. The number of likely N-dealkylation sites (tertiary alicyclic amines) is 1. The minimum atomic E-state index is -0.462. The van der Waals surface area contributed by atoms with Crippen LogP contribution in [0, 0.1) is 17.3 Å². The molecule has 3 fully saturated rings. The van der Waals surface area contributed by atoms with Crippen LogP contribution >= 0.6 is 0 Å². The van der Waals surface area contributed by atoms with E-state index >= 15 is 0 Å². The van der Waals surface area contributed by atoms with Crippen LogP contribution in [0.2, 0.25) is 0 Å². The van der Waals surface area contributed by atoms with Gasteiger partial charge in [0.15, 0.2) is 0 Å². The van der Waals surface area contributed by atoms with Gasteiger partial charge in [0.25, 0.3) is 0 Å². The first-order valence-electron chi connectivity index (χ1n) is 12.0. The van der Waals surface area contributed by atoms with E-state index in [1.165, 1.54) is 7.11 Å². The summed E-state index contributed by atoms with van der Waals surface area (Å²) in [4.78, 5) is 38.6. The number of methoxy groups -OCH3 is 1. The van der Waals surface area contributed by atoms with Crippen molar-refractivity contribution in [3.05, 3.63) is 0 Å². The van der Waals surface area contributed by atoms with Crippen molar-refractivity contribution in [1.29, 1.82) is 0 Å². The van der Waals surface area contributed by atoms with E-state index < -0.39 is 5.60 Å². The van der Waals surface area contributed by atoms with Gasteiger partial charge < -0.3 is 19.7 Å². The van der Waals surface area contributed by atoms with Gasteiger partial charge in [0.05, 0.1) is 13.0 Å². The topological polar surface area (TPSA) is 84.9 Å². The van der Waals surface area contributed by atoms with E-state index in [1.807, 2.05) is 25.7 Å². The van der Waals surface area contributed by atoms with Crippen LogP contribution in [-0.2, 0) is 19.1 Å². The van der Waals surface area contributed by atoms with Crippen molar-refractivity contribution in [2.24, 2.45) is 17.3 Å². The molecule has 2 aliphatic carbocycles. The van der Waals surface area contributed by atoms with E-state index in [0.29, 0.717) is 0 Å². The fraction of sp³-hybridized carbons (Fsp3) is 0.875. The molecule has 1 aliphatic heterocycles. The maximum atomic E-state index is 12.8. The Balaban J connectivity index is 1.39. The average molecular weight is 437 g/mol. The van der Waals surface area contributed by atoms with E-state index in [2.05, 4.69) is 5.32 Å². The third-order valence-electron chi connectivity index (χ3n) is 7.50. The maximum Gasteiger partial charge on any atom is 0.410 e. The second-order valence-corrected chi connectivity index (χ2v) is 10.8. The summed E-state index contributed by atoms with van der Waals surface area (Å²) in [5.74, 6) is 0.134. The van der Waals surface area contributed by atoms with Gasteiger partial charge in [-0.15, -0.1) is 0 Å². The molecule has 1 spiro atoms. The molecule has 2 saturated carbocycles. The van der Waals surface area contributed by atoms with Crippen LogP contribution in [0.3, 0.4) is 0 Å². The van der Waals surface area contributed by atoms with Crippen LogP contribution in [-0.4, -0.2) is 54.7 Å². The number of amides is 2. The SMILES string of the molecule is COC(=O)C1CCC(NC(=O)C2CCC3(CC2)CCN(C(=O)OC(C)(C)C)CC3)CC1. The maximum absolute atomic E-state index is 12.8. The average Bonchev–Trinajstić information content (AvgIpc) is 2.73. The molecule has 1 N–H and O–H groups in total. The number of ether oxygens (including phenoxy) is 2. The van der Waals surface area contributed by atoms with Gasteiger partial charge in [-0.3, -0.25) is 9.59 Å². The lowest BCUT2D eigenvalue weighted by Gasteiger charge is -2.45. The summed E-state index contributed by atoms with van der Waals surface area (Å²) in [5.41, 5.74) is -0.190. The van der Waals surface area contributed by atoms with Crippen LogP contribution in [0.25, 0.3) is 0 Å². The normalized spacial score (nSPS) is 26.9. The monoisotopic (exact) mass is 436 g/mol. The smallest absolute Gasteiger partial charge is 0.410 e.